The third-order valence-electron chi connectivity index (χ3n) is 3.37. The Balaban J connectivity index is 2.00. The van der Waals surface area contributed by atoms with Crippen LogP contribution in [0.25, 0.3) is 0 Å². The molecule has 3 heteroatoms. The minimum Gasteiger partial charge on any atom is -0.396 e. The molecule has 1 aliphatic rings. The van der Waals surface area contributed by atoms with Gasteiger partial charge in [0.2, 0.25) is 5.91 Å². The number of hydrogen-bond acceptors (Lipinski definition) is 2. The van der Waals surface area contributed by atoms with Crippen LogP contribution >= 0.6 is 0 Å². The van der Waals surface area contributed by atoms with Gasteiger partial charge in [0.1, 0.15) is 0 Å². The van der Waals surface area contributed by atoms with Crippen LogP contribution in [0.2, 0.25) is 0 Å². The number of rotatable bonds is 4. The summed E-state index contributed by atoms with van der Waals surface area (Å²) in [7, 11) is 0. The van der Waals surface area contributed by atoms with E-state index in [1.807, 2.05) is 32.0 Å². The largest absolute Gasteiger partial charge is 0.396 e. The lowest BCUT2D eigenvalue weighted by Gasteiger charge is -2.33. The molecule has 2 rings (SSSR count). The molecule has 1 aromatic rings. The van der Waals surface area contributed by atoms with Gasteiger partial charge in [-0.15, -0.1) is 0 Å². The summed E-state index contributed by atoms with van der Waals surface area (Å²) in [6, 6.07) is 8.06. The summed E-state index contributed by atoms with van der Waals surface area (Å²) in [5.74, 6) is 0.0614. The summed E-state index contributed by atoms with van der Waals surface area (Å²) in [5.41, 5.74) is 2.08. The van der Waals surface area contributed by atoms with Crippen molar-refractivity contribution in [3.8, 4) is 0 Å². The van der Waals surface area contributed by atoms with E-state index < -0.39 is 0 Å². The normalized spacial score (nSPS) is 18.2. The van der Waals surface area contributed by atoms with Crippen LogP contribution in [0.3, 0.4) is 0 Å². The minimum absolute atomic E-state index is 0.0100. The lowest BCUT2D eigenvalue weighted by molar-refractivity contribution is -0.124. The molecule has 0 aromatic heterocycles. The quantitative estimate of drug-likeness (QED) is 0.830. The van der Waals surface area contributed by atoms with Crippen LogP contribution in [-0.4, -0.2) is 23.2 Å². The van der Waals surface area contributed by atoms with Crippen LogP contribution in [0.4, 0.5) is 0 Å². The molecule has 0 saturated carbocycles. The Kier molecular flexibility index (Phi) is 3.20. The molecular formula is C14H19NO2. The number of nitrogens with one attached hydrogen (secondary N) is 1. The molecule has 0 saturated heterocycles. The summed E-state index contributed by atoms with van der Waals surface area (Å²) in [6.07, 6.45) is 1.41. The van der Waals surface area contributed by atoms with Gasteiger partial charge in [0.25, 0.3) is 0 Å². The van der Waals surface area contributed by atoms with Crippen LogP contribution < -0.4 is 5.32 Å². The zero-order valence-electron chi connectivity index (χ0n) is 10.4. The van der Waals surface area contributed by atoms with E-state index in [9.17, 15) is 4.79 Å². The van der Waals surface area contributed by atoms with Gasteiger partial charge in [-0.25, -0.2) is 0 Å². The Bertz CT molecular complexity index is 426. The smallest absolute Gasteiger partial charge is 0.228 e. The van der Waals surface area contributed by atoms with Gasteiger partial charge in [-0.1, -0.05) is 24.3 Å². The first-order valence-electron chi connectivity index (χ1n) is 6.04. The Morgan fingerprint density at radius 2 is 2.18 bits per heavy atom. The first kappa shape index (κ1) is 12.1. The van der Waals surface area contributed by atoms with Crippen molar-refractivity contribution in [3.63, 3.8) is 0 Å². The Hall–Kier alpha value is -1.35. The minimum atomic E-state index is -0.337. The number of carbonyl (C=O) groups excluding carboxylic acids is 1. The summed E-state index contributed by atoms with van der Waals surface area (Å²) in [5, 5.41) is 11.9. The lowest BCUT2D eigenvalue weighted by Crippen LogP contribution is -2.47. The second-order valence-electron chi connectivity index (χ2n) is 5.30. The highest BCUT2D eigenvalue weighted by molar-refractivity contribution is 5.87. The zero-order valence-corrected chi connectivity index (χ0v) is 10.4. The zero-order chi connectivity index (χ0) is 12.5. The summed E-state index contributed by atoms with van der Waals surface area (Å²) in [4.78, 5) is 12.1. The van der Waals surface area contributed by atoms with Crippen molar-refractivity contribution in [2.75, 3.05) is 6.61 Å². The van der Waals surface area contributed by atoms with Gasteiger partial charge in [-0.3, -0.25) is 4.79 Å². The molecule has 17 heavy (non-hydrogen) atoms. The van der Waals surface area contributed by atoms with E-state index in [-0.39, 0.29) is 24.0 Å². The van der Waals surface area contributed by atoms with Crippen molar-refractivity contribution in [1.29, 1.82) is 0 Å². The second kappa shape index (κ2) is 4.49. The first-order chi connectivity index (χ1) is 8.03. The highest BCUT2D eigenvalue weighted by Gasteiger charge is 2.33. The maximum atomic E-state index is 12.1. The van der Waals surface area contributed by atoms with E-state index in [0.717, 1.165) is 12.0 Å². The highest BCUT2D eigenvalue weighted by Crippen LogP contribution is 2.35. The summed E-state index contributed by atoms with van der Waals surface area (Å²) < 4.78 is 0. The predicted molar refractivity (Wildman–Crippen MR) is 66.8 cm³/mol. The predicted octanol–water partition coefficient (Wildman–Crippen LogP) is 1.60. The van der Waals surface area contributed by atoms with Crippen molar-refractivity contribution >= 4 is 5.91 Å². The maximum absolute atomic E-state index is 12.1. The molecule has 1 atom stereocenters. The summed E-state index contributed by atoms with van der Waals surface area (Å²) >= 11 is 0. The van der Waals surface area contributed by atoms with Crippen molar-refractivity contribution in [2.45, 2.75) is 38.1 Å². The van der Waals surface area contributed by atoms with Gasteiger partial charge >= 0.3 is 0 Å². The first-order valence-corrected chi connectivity index (χ1v) is 6.04. The van der Waals surface area contributed by atoms with Gasteiger partial charge in [-0.2, -0.15) is 0 Å². The molecule has 3 nitrogen and oxygen atoms in total. The fourth-order valence-corrected chi connectivity index (χ4v) is 2.26. The molecule has 1 unspecified atom stereocenters. The van der Waals surface area contributed by atoms with Crippen molar-refractivity contribution in [3.05, 3.63) is 35.4 Å². The van der Waals surface area contributed by atoms with Crippen molar-refractivity contribution in [1.82, 2.24) is 5.32 Å². The molecule has 1 aliphatic carbocycles. The number of fused-ring (bicyclic) bond motifs is 1. The molecular weight excluding hydrogens is 214 g/mol. The number of benzene rings is 1. The van der Waals surface area contributed by atoms with E-state index >= 15 is 0 Å². The van der Waals surface area contributed by atoms with Crippen LogP contribution in [0.15, 0.2) is 24.3 Å². The average Bonchev–Trinajstić information content (AvgIpc) is 2.18. The molecule has 2 N–H and O–H groups in total. The van der Waals surface area contributed by atoms with Crippen molar-refractivity contribution in [2.24, 2.45) is 0 Å². The maximum Gasteiger partial charge on any atom is 0.228 e. The van der Waals surface area contributed by atoms with Gasteiger partial charge < -0.3 is 10.4 Å². The number of carbonyl (C=O) groups is 1. The standard InChI is InChI=1S/C14H19NO2/c1-14(2,7-8-16)15-13(17)12-9-10-5-3-4-6-11(10)12/h3-6,12,16H,7-9H2,1-2H3,(H,15,17). The van der Waals surface area contributed by atoms with Crippen LogP contribution in [-0.2, 0) is 11.2 Å². The number of aliphatic hydroxyl groups excluding tert-OH is 1. The number of hydrogen-bond donors (Lipinski definition) is 2. The van der Waals surface area contributed by atoms with Gasteiger partial charge in [0, 0.05) is 12.1 Å². The van der Waals surface area contributed by atoms with E-state index in [1.54, 1.807) is 0 Å². The van der Waals surface area contributed by atoms with Gasteiger partial charge in [0.15, 0.2) is 0 Å². The number of aliphatic hydroxyl groups is 1. The molecule has 0 radical (unpaired) electrons. The molecule has 92 valence electrons. The van der Waals surface area contributed by atoms with E-state index in [2.05, 4.69) is 11.4 Å². The molecule has 0 bridgehead atoms. The van der Waals surface area contributed by atoms with Crippen molar-refractivity contribution < 1.29 is 9.90 Å². The van der Waals surface area contributed by atoms with E-state index in [1.165, 1.54) is 5.56 Å². The Morgan fingerprint density at radius 1 is 1.47 bits per heavy atom. The highest BCUT2D eigenvalue weighted by atomic mass is 16.3. The fourth-order valence-electron chi connectivity index (χ4n) is 2.26. The topological polar surface area (TPSA) is 49.3 Å². The summed E-state index contributed by atoms with van der Waals surface area (Å²) in [6.45, 7) is 3.96. The van der Waals surface area contributed by atoms with E-state index in [0.29, 0.717) is 6.42 Å². The van der Waals surface area contributed by atoms with Gasteiger partial charge in [-0.05, 0) is 37.8 Å². The monoisotopic (exact) mass is 233 g/mol. The molecule has 0 fully saturated rings. The fraction of sp³-hybridized carbons (Fsp3) is 0.500. The average molecular weight is 233 g/mol. The van der Waals surface area contributed by atoms with Crippen LogP contribution in [0, 0.1) is 0 Å². The molecule has 1 amide bonds. The molecule has 0 heterocycles. The molecule has 0 spiro atoms. The van der Waals surface area contributed by atoms with Crippen LogP contribution in [0.1, 0.15) is 37.3 Å². The third kappa shape index (κ3) is 2.50. The van der Waals surface area contributed by atoms with Crippen LogP contribution in [0.5, 0.6) is 0 Å². The lowest BCUT2D eigenvalue weighted by atomic mass is 9.76. The molecule has 1 aromatic carbocycles. The Morgan fingerprint density at radius 3 is 2.82 bits per heavy atom. The second-order valence-corrected chi connectivity index (χ2v) is 5.30. The Labute approximate surface area is 102 Å². The third-order valence-corrected chi connectivity index (χ3v) is 3.37. The van der Waals surface area contributed by atoms with Gasteiger partial charge in [0.05, 0.1) is 5.92 Å². The molecule has 0 aliphatic heterocycles. The van der Waals surface area contributed by atoms with E-state index in [4.69, 9.17) is 5.11 Å². The SMILES string of the molecule is CC(C)(CCO)NC(=O)C1Cc2ccccc21. The number of amides is 1.